The van der Waals surface area contributed by atoms with Crippen LogP contribution in [0.25, 0.3) is 0 Å². The van der Waals surface area contributed by atoms with Crippen LogP contribution in [0.4, 0.5) is 0 Å². The van der Waals surface area contributed by atoms with Gasteiger partial charge in [0, 0.05) is 0 Å². The molecule has 0 aromatic rings. The topological polar surface area (TPSA) is 59.0 Å². The Bertz CT molecular complexity index is 98.3. The summed E-state index contributed by atoms with van der Waals surface area (Å²) in [6, 6.07) is 0. The van der Waals surface area contributed by atoms with Crippen LogP contribution in [0, 0.1) is 11.5 Å². The molecule has 0 aromatic carbocycles. The maximum absolute atomic E-state index is 7.98. The molecular formula is C7H14N2O. The molecule has 0 aliphatic heterocycles. The summed E-state index contributed by atoms with van der Waals surface area (Å²) in [7, 11) is 0. The van der Waals surface area contributed by atoms with Gasteiger partial charge < -0.3 is 10.5 Å². The van der Waals surface area contributed by atoms with Gasteiger partial charge in [-0.2, -0.15) is 5.26 Å². The Morgan fingerprint density at radius 1 is 1.20 bits per heavy atom. The molecule has 0 aliphatic carbocycles. The first-order valence-corrected chi connectivity index (χ1v) is 3.62. The number of unbranched alkanes of at least 4 members (excludes halogenated alkanes) is 3. The molecule has 0 aromatic heterocycles. The van der Waals surface area contributed by atoms with E-state index in [0.717, 1.165) is 32.2 Å². The largest absolute Gasteiger partial charge is 0.428 e. The minimum Gasteiger partial charge on any atom is -0.428 e. The van der Waals surface area contributed by atoms with Crippen LogP contribution < -0.4 is 5.73 Å². The molecule has 0 unspecified atom stereocenters. The van der Waals surface area contributed by atoms with Crippen LogP contribution in [0.15, 0.2) is 0 Å². The minimum atomic E-state index is 0.557. The van der Waals surface area contributed by atoms with Crippen molar-refractivity contribution in [3.8, 4) is 6.26 Å². The van der Waals surface area contributed by atoms with E-state index in [1.54, 1.807) is 6.26 Å². The number of ether oxygens (including phenoxy) is 1. The molecule has 0 aliphatic rings. The van der Waals surface area contributed by atoms with Gasteiger partial charge in [-0.1, -0.05) is 6.42 Å². The van der Waals surface area contributed by atoms with Crippen LogP contribution in [0.5, 0.6) is 0 Å². The third-order valence-corrected chi connectivity index (χ3v) is 1.27. The molecule has 0 atom stereocenters. The summed E-state index contributed by atoms with van der Waals surface area (Å²) in [6.07, 6.45) is 5.93. The Hall–Kier alpha value is -0.750. The minimum absolute atomic E-state index is 0.557. The van der Waals surface area contributed by atoms with Crippen molar-refractivity contribution in [2.45, 2.75) is 25.7 Å². The van der Waals surface area contributed by atoms with Gasteiger partial charge in [0.2, 0.25) is 0 Å². The summed E-state index contributed by atoms with van der Waals surface area (Å²) in [5, 5.41) is 7.98. The Labute approximate surface area is 61.8 Å². The van der Waals surface area contributed by atoms with Gasteiger partial charge in [-0.25, -0.2) is 0 Å². The van der Waals surface area contributed by atoms with Gasteiger partial charge in [-0.3, -0.25) is 0 Å². The number of hydrogen-bond donors (Lipinski definition) is 1. The van der Waals surface area contributed by atoms with Crippen LogP contribution in [-0.4, -0.2) is 13.2 Å². The average molecular weight is 142 g/mol. The van der Waals surface area contributed by atoms with Crippen molar-refractivity contribution in [1.29, 1.82) is 5.26 Å². The quantitative estimate of drug-likeness (QED) is 0.444. The van der Waals surface area contributed by atoms with Crippen molar-refractivity contribution in [3.05, 3.63) is 0 Å². The summed E-state index contributed by atoms with van der Waals surface area (Å²) >= 11 is 0. The predicted octanol–water partition coefficient (Wildman–Crippen LogP) is 1.00. The van der Waals surface area contributed by atoms with Gasteiger partial charge in [0.25, 0.3) is 6.26 Å². The number of hydrogen-bond acceptors (Lipinski definition) is 3. The van der Waals surface area contributed by atoms with Crippen molar-refractivity contribution >= 4 is 0 Å². The second-order valence-corrected chi connectivity index (χ2v) is 2.14. The van der Waals surface area contributed by atoms with Crippen LogP contribution in [0.3, 0.4) is 0 Å². The molecule has 0 heterocycles. The Balaban J connectivity index is 2.72. The van der Waals surface area contributed by atoms with E-state index >= 15 is 0 Å². The van der Waals surface area contributed by atoms with E-state index in [-0.39, 0.29) is 0 Å². The van der Waals surface area contributed by atoms with Crippen molar-refractivity contribution in [2.75, 3.05) is 13.2 Å². The van der Waals surface area contributed by atoms with Crippen molar-refractivity contribution in [1.82, 2.24) is 0 Å². The fourth-order valence-corrected chi connectivity index (χ4v) is 0.718. The standard InChI is InChI=1S/C7H14N2O/c8-5-3-1-2-4-6-10-7-9/h1-6,8H2. The van der Waals surface area contributed by atoms with E-state index in [0.29, 0.717) is 6.61 Å². The molecule has 0 fully saturated rings. The van der Waals surface area contributed by atoms with Gasteiger partial charge in [-0.15, -0.1) is 0 Å². The highest BCUT2D eigenvalue weighted by Crippen LogP contribution is 1.97. The maximum Gasteiger partial charge on any atom is 0.286 e. The molecule has 58 valence electrons. The van der Waals surface area contributed by atoms with Gasteiger partial charge in [0.05, 0.1) is 0 Å². The van der Waals surface area contributed by atoms with E-state index < -0.39 is 0 Å². The Kier molecular flexibility index (Phi) is 7.63. The first kappa shape index (κ1) is 9.25. The lowest BCUT2D eigenvalue weighted by Gasteiger charge is -1.96. The number of nitrogens with two attached hydrogens (primary N) is 1. The van der Waals surface area contributed by atoms with Crippen LogP contribution in [0.1, 0.15) is 25.7 Å². The van der Waals surface area contributed by atoms with Gasteiger partial charge >= 0.3 is 0 Å². The van der Waals surface area contributed by atoms with E-state index in [9.17, 15) is 0 Å². The predicted molar refractivity (Wildman–Crippen MR) is 39.1 cm³/mol. The molecular weight excluding hydrogens is 128 g/mol. The van der Waals surface area contributed by atoms with Crippen molar-refractivity contribution in [2.24, 2.45) is 5.73 Å². The highest BCUT2D eigenvalue weighted by atomic mass is 16.5. The van der Waals surface area contributed by atoms with Crippen LogP contribution >= 0.6 is 0 Å². The van der Waals surface area contributed by atoms with Gasteiger partial charge in [-0.05, 0) is 25.8 Å². The second-order valence-electron chi connectivity index (χ2n) is 2.14. The molecule has 3 heteroatoms. The Morgan fingerprint density at radius 2 is 1.90 bits per heavy atom. The third-order valence-electron chi connectivity index (χ3n) is 1.27. The van der Waals surface area contributed by atoms with E-state index in [2.05, 4.69) is 4.74 Å². The zero-order valence-corrected chi connectivity index (χ0v) is 6.18. The average Bonchev–Trinajstić information content (AvgIpc) is 1.97. The summed E-state index contributed by atoms with van der Waals surface area (Å²) in [5.74, 6) is 0. The first-order chi connectivity index (χ1) is 4.91. The fraction of sp³-hybridized carbons (Fsp3) is 0.857. The summed E-state index contributed by atoms with van der Waals surface area (Å²) < 4.78 is 4.49. The van der Waals surface area contributed by atoms with Crippen LogP contribution in [0.2, 0.25) is 0 Å². The monoisotopic (exact) mass is 142 g/mol. The molecule has 2 N–H and O–H groups in total. The van der Waals surface area contributed by atoms with E-state index in [4.69, 9.17) is 11.0 Å². The highest BCUT2D eigenvalue weighted by Gasteiger charge is 1.87. The van der Waals surface area contributed by atoms with Crippen molar-refractivity contribution in [3.63, 3.8) is 0 Å². The first-order valence-electron chi connectivity index (χ1n) is 3.62. The second kappa shape index (κ2) is 8.25. The van der Waals surface area contributed by atoms with Crippen LogP contribution in [-0.2, 0) is 4.74 Å². The maximum atomic E-state index is 7.98. The molecule has 0 saturated carbocycles. The fourth-order valence-electron chi connectivity index (χ4n) is 0.718. The highest BCUT2D eigenvalue weighted by molar-refractivity contribution is 4.48. The molecule has 0 spiro atoms. The zero-order chi connectivity index (χ0) is 7.66. The lowest BCUT2D eigenvalue weighted by molar-refractivity contribution is 0.260. The SMILES string of the molecule is N#COCCCCCCN. The van der Waals surface area contributed by atoms with Crippen molar-refractivity contribution < 1.29 is 4.74 Å². The molecule has 0 rings (SSSR count). The zero-order valence-electron chi connectivity index (χ0n) is 6.18. The molecule has 3 nitrogen and oxygen atoms in total. The lowest BCUT2D eigenvalue weighted by Crippen LogP contribution is -1.98. The van der Waals surface area contributed by atoms with Gasteiger partial charge in [0.1, 0.15) is 6.61 Å². The summed E-state index contributed by atoms with van der Waals surface area (Å²) in [5.41, 5.74) is 5.29. The molecule has 10 heavy (non-hydrogen) atoms. The molecule has 0 bridgehead atoms. The summed E-state index contributed by atoms with van der Waals surface area (Å²) in [4.78, 5) is 0. The summed E-state index contributed by atoms with van der Waals surface area (Å²) in [6.45, 7) is 1.32. The van der Waals surface area contributed by atoms with E-state index in [1.807, 2.05) is 0 Å². The number of rotatable bonds is 6. The molecule has 0 amide bonds. The smallest absolute Gasteiger partial charge is 0.286 e. The lowest BCUT2D eigenvalue weighted by atomic mass is 10.2. The number of nitriles is 1. The number of nitrogens with zero attached hydrogens (tertiary/aromatic N) is 1. The normalized spacial score (nSPS) is 8.80. The van der Waals surface area contributed by atoms with Gasteiger partial charge in [0.15, 0.2) is 0 Å². The Morgan fingerprint density at radius 3 is 2.50 bits per heavy atom. The van der Waals surface area contributed by atoms with E-state index in [1.165, 1.54) is 0 Å². The molecule has 0 saturated heterocycles. The molecule has 0 radical (unpaired) electrons. The third kappa shape index (κ3) is 7.25.